The molecule has 2 aromatic carbocycles. The molecule has 116 valence electrons. The molecule has 2 nitrogen and oxygen atoms in total. The summed E-state index contributed by atoms with van der Waals surface area (Å²) in [5.74, 6) is -3.54. The van der Waals surface area contributed by atoms with Crippen LogP contribution in [0.25, 0.3) is 0 Å². The Labute approximate surface area is 122 Å². The number of benzene rings is 2. The Bertz CT molecular complexity index is 724. The molecule has 2 rings (SSSR count). The fourth-order valence-electron chi connectivity index (χ4n) is 1.79. The summed E-state index contributed by atoms with van der Waals surface area (Å²) in [6.45, 7) is 1.33. The van der Waals surface area contributed by atoms with E-state index in [4.69, 9.17) is 0 Å². The number of carbonyl (C=O) groups excluding carboxylic acids is 1. The lowest BCUT2D eigenvalue weighted by Crippen LogP contribution is -2.15. The summed E-state index contributed by atoms with van der Waals surface area (Å²) in [6, 6.07) is 6.14. The summed E-state index contributed by atoms with van der Waals surface area (Å²) < 4.78 is 64.8. The molecule has 0 unspecified atom stereocenters. The van der Waals surface area contributed by atoms with Gasteiger partial charge in [-0.05, 0) is 36.8 Å². The van der Waals surface area contributed by atoms with Crippen LogP contribution in [0.3, 0.4) is 0 Å². The van der Waals surface area contributed by atoms with Crippen LogP contribution in [0.15, 0.2) is 36.4 Å². The zero-order valence-electron chi connectivity index (χ0n) is 11.3. The Morgan fingerprint density at radius 1 is 1.05 bits per heavy atom. The first-order chi connectivity index (χ1) is 10.2. The second-order valence-electron chi connectivity index (χ2n) is 4.59. The van der Waals surface area contributed by atoms with E-state index in [0.29, 0.717) is 6.07 Å². The smallest absolute Gasteiger partial charge is 0.322 e. The molecule has 0 fully saturated rings. The number of anilines is 1. The van der Waals surface area contributed by atoms with Gasteiger partial charge in [0.1, 0.15) is 0 Å². The van der Waals surface area contributed by atoms with Gasteiger partial charge in [-0.3, -0.25) is 4.79 Å². The van der Waals surface area contributed by atoms with Crippen LogP contribution < -0.4 is 5.32 Å². The topological polar surface area (TPSA) is 29.1 Å². The minimum absolute atomic E-state index is 0.0214. The van der Waals surface area contributed by atoms with E-state index in [-0.39, 0.29) is 11.3 Å². The molecule has 0 radical (unpaired) electrons. The highest BCUT2D eigenvalue weighted by atomic mass is 19.4. The van der Waals surface area contributed by atoms with Crippen LogP contribution in [-0.4, -0.2) is 5.91 Å². The summed E-state index contributed by atoms with van der Waals surface area (Å²) in [7, 11) is 0. The maximum atomic E-state index is 13.7. The molecule has 0 aliphatic rings. The predicted octanol–water partition coefficient (Wildman–Crippen LogP) is 4.54. The third-order valence-corrected chi connectivity index (χ3v) is 2.97. The standard InChI is InChI=1S/C15H10F5NO/c1-8-5-6-11(13(17)12(8)16)14(22)21-10-4-2-3-9(7-10)15(18,19)20/h2-7H,1H3,(H,21,22). The number of halogens is 5. The number of hydrogen-bond acceptors (Lipinski definition) is 1. The van der Waals surface area contributed by atoms with Gasteiger partial charge in [-0.1, -0.05) is 12.1 Å². The Morgan fingerprint density at radius 2 is 1.73 bits per heavy atom. The van der Waals surface area contributed by atoms with Gasteiger partial charge in [-0.2, -0.15) is 13.2 Å². The second-order valence-corrected chi connectivity index (χ2v) is 4.59. The van der Waals surface area contributed by atoms with Crippen molar-refractivity contribution in [3.05, 3.63) is 64.7 Å². The number of amides is 1. The minimum atomic E-state index is -4.57. The van der Waals surface area contributed by atoms with Gasteiger partial charge in [-0.15, -0.1) is 0 Å². The number of hydrogen-bond donors (Lipinski definition) is 1. The first kappa shape index (κ1) is 15.9. The highest BCUT2D eigenvalue weighted by Crippen LogP contribution is 2.30. The highest BCUT2D eigenvalue weighted by molar-refractivity contribution is 6.04. The van der Waals surface area contributed by atoms with Crippen molar-refractivity contribution >= 4 is 11.6 Å². The van der Waals surface area contributed by atoms with Crippen LogP contribution in [0.2, 0.25) is 0 Å². The van der Waals surface area contributed by atoms with Gasteiger partial charge in [-0.25, -0.2) is 8.78 Å². The quantitative estimate of drug-likeness (QED) is 0.810. The maximum Gasteiger partial charge on any atom is 0.416 e. The number of rotatable bonds is 2. The minimum Gasteiger partial charge on any atom is -0.322 e. The van der Waals surface area contributed by atoms with Gasteiger partial charge in [0.25, 0.3) is 5.91 Å². The lowest BCUT2D eigenvalue weighted by atomic mass is 10.1. The van der Waals surface area contributed by atoms with E-state index >= 15 is 0 Å². The molecule has 0 aliphatic heterocycles. The van der Waals surface area contributed by atoms with Gasteiger partial charge in [0.05, 0.1) is 11.1 Å². The lowest BCUT2D eigenvalue weighted by Gasteiger charge is -2.10. The van der Waals surface area contributed by atoms with E-state index in [1.807, 2.05) is 0 Å². The Kier molecular flexibility index (Phi) is 4.16. The van der Waals surface area contributed by atoms with Gasteiger partial charge in [0.2, 0.25) is 0 Å². The molecule has 0 bridgehead atoms. The first-order valence-corrected chi connectivity index (χ1v) is 6.13. The molecule has 0 aliphatic carbocycles. The molecular weight excluding hydrogens is 305 g/mol. The van der Waals surface area contributed by atoms with Crippen LogP contribution in [0.4, 0.5) is 27.6 Å². The van der Waals surface area contributed by atoms with E-state index in [1.165, 1.54) is 19.1 Å². The maximum absolute atomic E-state index is 13.7. The van der Waals surface area contributed by atoms with E-state index in [1.54, 1.807) is 0 Å². The number of alkyl halides is 3. The summed E-state index contributed by atoms with van der Waals surface area (Å²) >= 11 is 0. The fraction of sp³-hybridized carbons (Fsp3) is 0.133. The molecule has 22 heavy (non-hydrogen) atoms. The molecule has 0 spiro atoms. The SMILES string of the molecule is Cc1ccc(C(=O)Nc2cccc(C(F)(F)F)c2)c(F)c1F. The summed E-state index contributed by atoms with van der Waals surface area (Å²) in [5.41, 5.74) is -1.69. The zero-order valence-corrected chi connectivity index (χ0v) is 11.3. The molecule has 1 N–H and O–H groups in total. The average molecular weight is 315 g/mol. The Balaban J connectivity index is 2.28. The van der Waals surface area contributed by atoms with E-state index in [9.17, 15) is 26.7 Å². The summed E-state index contributed by atoms with van der Waals surface area (Å²) in [5, 5.41) is 2.11. The molecule has 2 aromatic rings. The normalized spacial score (nSPS) is 11.4. The van der Waals surface area contributed by atoms with Gasteiger partial charge in [0.15, 0.2) is 11.6 Å². The molecule has 0 atom stereocenters. The zero-order chi connectivity index (χ0) is 16.5. The van der Waals surface area contributed by atoms with Crippen molar-refractivity contribution < 1.29 is 26.7 Å². The third-order valence-electron chi connectivity index (χ3n) is 2.97. The van der Waals surface area contributed by atoms with Gasteiger partial charge in [0, 0.05) is 5.69 Å². The largest absolute Gasteiger partial charge is 0.416 e. The van der Waals surface area contributed by atoms with Crippen LogP contribution in [-0.2, 0) is 6.18 Å². The van der Waals surface area contributed by atoms with E-state index in [0.717, 1.165) is 18.2 Å². The number of carbonyl (C=O) groups is 1. The predicted molar refractivity (Wildman–Crippen MR) is 70.5 cm³/mol. The van der Waals surface area contributed by atoms with E-state index < -0.39 is 34.8 Å². The number of aryl methyl sites for hydroxylation is 1. The molecular formula is C15H10F5NO. The molecule has 0 saturated heterocycles. The van der Waals surface area contributed by atoms with Crippen molar-refractivity contribution in [3.8, 4) is 0 Å². The van der Waals surface area contributed by atoms with Gasteiger partial charge >= 0.3 is 6.18 Å². The number of nitrogens with one attached hydrogen (secondary N) is 1. The molecule has 1 amide bonds. The average Bonchev–Trinajstić information content (AvgIpc) is 2.44. The molecule has 0 saturated carbocycles. The Hall–Kier alpha value is -2.44. The van der Waals surface area contributed by atoms with Gasteiger partial charge < -0.3 is 5.32 Å². The molecule has 0 aromatic heterocycles. The van der Waals surface area contributed by atoms with Crippen molar-refractivity contribution in [3.63, 3.8) is 0 Å². The summed E-state index contributed by atoms with van der Waals surface area (Å²) in [4.78, 5) is 11.9. The van der Waals surface area contributed by atoms with Crippen LogP contribution in [0.5, 0.6) is 0 Å². The third kappa shape index (κ3) is 3.24. The van der Waals surface area contributed by atoms with Crippen LogP contribution in [0.1, 0.15) is 21.5 Å². The first-order valence-electron chi connectivity index (χ1n) is 6.13. The van der Waals surface area contributed by atoms with Crippen molar-refractivity contribution in [2.75, 3.05) is 5.32 Å². The van der Waals surface area contributed by atoms with Crippen molar-refractivity contribution in [1.29, 1.82) is 0 Å². The fourth-order valence-corrected chi connectivity index (χ4v) is 1.79. The van der Waals surface area contributed by atoms with Crippen molar-refractivity contribution in [2.45, 2.75) is 13.1 Å². The Morgan fingerprint density at radius 3 is 2.36 bits per heavy atom. The molecule has 7 heteroatoms. The molecule has 0 heterocycles. The van der Waals surface area contributed by atoms with Crippen molar-refractivity contribution in [1.82, 2.24) is 0 Å². The summed E-state index contributed by atoms with van der Waals surface area (Å²) in [6.07, 6.45) is -4.57. The van der Waals surface area contributed by atoms with E-state index in [2.05, 4.69) is 5.32 Å². The highest BCUT2D eigenvalue weighted by Gasteiger charge is 2.30. The van der Waals surface area contributed by atoms with Crippen LogP contribution >= 0.6 is 0 Å². The monoisotopic (exact) mass is 315 g/mol. The lowest BCUT2D eigenvalue weighted by molar-refractivity contribution is -0.137. The second kappa shape index (κ2) is 5.75. The van der Waals surface area contributed by atoms with Crippen LogP contribution in [0, 0.1) is 18.6 Å². The van der Waals surface area contributed by atoms with Crippen molar-refractivity contribution in [2.24, 2.45) is 0 Å².